The zero-order valence-electron chi connectivity index (χ0n) is 21.2. The number of nitrogen functional groups attached to an aromatic ring is 1. The number of carboxylic acids is 1. The maximum absolute atomic E-state index is 13.1. The summed E-state index contributed by atoms with van der Waals surface area (Å²) in [5.41, 5.74) is 8.33. The molecule has 38 heavy (non-hydrogen) atoms. The number of carbonyl (C=O) groups excluding carboxylic acids is 1. The number of nitrogens with one attached hydrogen (secondary N) is 3. The van der Waals surface area contributed by atoms with Gasteiger partial charge in [0.15, 0.2) is 23.9 Å². The Morgan fingerprint density at radius 1 is 1.13 bits per heavy atom. The van der Waals surface area contributed by atoms with Gasteiger partial charge in [0.1, 0.15) is 11.5 Å². The number of aliphatic carboxylic acids is 1. The number of nitrogens with zero attached hydrogens (tertiary/aromatic N) is 2. The third-order valence-corrected chi connectivity index (χ3v) is 5.15. The molecule has 2 aromatic carbocycles. The van der Waals surface area contributed by atoms with Crippen LogP contribution >= 0.6 is 0 Å². The Morgan fingerprint density at radius 3 is 2.50 bits per heavy atom. The minimum absolute atomic E-state index is 0.133. The van der Waals surface area contributed by atoms with Crippen LogP contribution in [0.3, 0.4) is 0 Å². The minimum atomic E-state index is -1.15. The molecule has 0 saturated carbocycles. The maximum Gasteiger partial charge on any atom is 0.341 e. The Bertz CT molecular complexity index is 1330. The van der Waals surface area contributed by atoms with E-state index in [0.717, 1.165) is 5.56 Å². The predicted octanol–water partition coefficient (Wildman–Crippen LogP) is 2.68. The van der Waals surface area contributed by atoms with E-state index in [9.17, 15) is 14.7 Å². The summed E-state index contributed by atoms with van der Waals surface area (Å²) in [5, 5.41) is 39.9. The molecule has 12 heteroatoms. The van der Waals surface area contributed by atoms with Crippen molar-refractivity contribution in [3.05, 3.63) is 70.4 Å². The number of hydrogen-bond donors (Lipinski definition) is 6. The Labute approximate surface area is 219 Å². The van der Waals surface area contributed by atoms with Gasteiger partial charge in [0, 0.05) is 17.8 Å². The van der Waals surface area contributed by atoms with Gasteiger partial charge in [0.05, 0.1) is 18.3 Å². The molecule has 0 atom stereocenters. The van der Waals surface area contributed by atoms with Crippen LogP contribution in [0.1, 0.15) is 46.6 Å². The molecule has 0 aliphatic rings. The van der Waals surface area contributed by atoms with Crippen LogP contribution in [0.5, 0.6) is 11.5 Å². The van der Waals surface area contributed by atoms with Crippen LogP contribution in [-0.2, 0) is 17.9 Å². The Hall–Kier alpha value is -4.71. The van der Waals surface area contributed by atoms with Crippen LogP contribution in [0.25, 0.3) is 0 Å². The largest absolute Gasteiger partial charge is 0.487 e. The van der Waals surface area contributed by atoms with Gasteiger partial charge in [-0.1, -0.05) is 11.6 Å². The number of anilines is 2. The van der Waals surface area contributed by atoms with Gasteiger partial charge < -0.3 is 36.1 Å². The molecule has 0 radical (unpaired) electrons. The highest BCUT2D eigenvalue weighted by molar-refractivity contribution is 6.07. The number of amidine groups is 1. The summed E-state index contributed by atoms with van der Waals surface area (Å²) in [7, 11) is 0. The van der Waals surface area contributed by atoms with Gasteiger partial charge in [-0.05, 0) is 62.7 Å². The number of hydrogen-bond acceptors (Lipinski definition) is 9. The fourth-order valence-corrected chi connectivity index (χ4v) is 3.50. The molecule has 0 aliphatic heterocycles. The molecule has 0 aliphatic carbocycles. The second kappa shape index (κ2) is 12.5. The number of aliphatic hydroxyl groups excluding tert-OH is 1. The van der Waals surface area contributed by atoms with Crippen molar-refractivity contribution in [1.29, 1.82) is 5.41 Å². The molecule has 0 spiro atoms. The highest BCUT2D eigenvalue weighted by Crippen LogP contribution is 2.35. The first-order valence-electron chi connectivity index (χ1n) is 11.7. The van der Waals surface area contributed by atoms with Crippen LogP contribution in [0.4, 0.5) is 11.5 Å². The van der Waals surface area contributed by atoms with E-state index in [0.29, 0.717) is 28.1 Å². The van der Waals surface area contributed by atoms with E-state index in [4.69, 9.17) is 25.7 Å². The van der Waals surface area contributed by atoms with Crippen molar-refractivity contribution in [2.24, 2.45) is 5.73 Å². The highest BCUT2D eigenvalue weighted by Gasteiger charge is 2.18. The fraction of sp³-hybridized carbons (Fsp3) is 0.269. The van der Waals surface area contributed by atoms with Gasteiger partial charge in [-0.15, -0.1) is 10.2 Å². The van der Waals surface area contributed by atoms with Crippen molar-refractivity contribution in [2.45, 2.75) is 40.0 Å². The molecule has 0 bridgehead atoms. The number of benzene rings is 2. The topological polar surface area (TPSA) is 193 Å². The second-order valence-electron chi connectivity index (χ2n) is 8.66. The molecule has 0 fully saturated rings. The molecular formula is C26H30N6O6. The fourth-order valence-electron chi connectivity index (χ4n) is 3.50. The van der Waals surface area contributed by atoms with E-state index in [1.165, 1.54) is 12.1 Å². The predicted molar refractivity (Wildman–Crippen MR) is 141 cm³/mol. The molecule has 0 saturated heterocycles. The number of carbonyl (C=O) groups is 2. The quantitative estimate of drug-likeness (QED) is 0.152. The van der Waals surface area contributed by atoms with Crippen molar-refractivity contribution in [2.75, 3.05) is 17.2 Å². The van der Waals surface area contributed by atoms with Crippen LogP contribution in [-0.4, -0.2) is 50.8 Å². The number of amides is 1. The summed E-state index contributed by atoms with van der Waals surface area (Å²) in [6.45, 7) is 4.77. The number of ether oxygens (including phenoxy) is 2. The maximum atomic E-state index is 13.1. The molecule has 0 unspecified atom stereocenters. The van der Waals surface area contributed by atoms with Gasteiger partial charge in [0.25, 0.3) is 5.91 Å². The number of rotatable bonds is 12. The summed E-state index contributed by atoms with van der Waals surface area (Å²) in [6, 6.07) is 11.5. The number of aryl methyl sites for hydroxylation is 1. The lowest BCUT2D eigenvalue weighted by Gasteiger charge is -2.20. The average molecular weight is 523 g/mol. The standard InChI is InChI=1S/C26H30N6O6/c1-14(2)38-21-10-16(12-33)9-17(24(21)37-13-23(34)35)11-29-19-5-4-15(3)8-18(19)26(36)30-22-7-6-20(25(27)28)31-32-22/h4-10,14,29,33H,11-13H2,1-3H3,(H3,27,28)(H,34,35)(H,30,32,36). The van der Waals surface area contributed by atoms with Gasteiger partial charge in [-0.2, -0.15) is 0 Å². The molecular weight excluding hydrogens is 492 g/mol. The van der Waals surface area contributed by atoms with E-state index in [-0.39, 0.29) is 42.4 Å². The third-order valence-electron chi connectivity index (χ3n) is 5.15. The molecule has 7 N–H and O–H groups in total. The van der Waals surface area contributed by atoms with Crippen LogP contribution in [0.15, 0.2) is 42.5 Å². The zero-order valence-corrected chi connectivity index (χ0v) is 21.2. The van der Waals surface area contributed by atoms with Gasteiger partial charge >= 0.3 is 5.97 Å². The Balaban J connectivity index is 1.90. The normalized spacial score (nSPS) is 10.7. The summed E-state index contributed by atoms with van der Waals surface area (Å²) in [4.78, 5) is 24.3. The van der Waals surface area contributed by atoms with Crippen molar-refractivity contribution >= 4 is 29.2 Å². The first-order valence-corrected chi connectivity index (χ1v) is 11.7. The monoisotopic (exact) mass is 522 g/mol. The molecule has 12 nitrogen and oxygen atoms in total. The first-order chi connectivity index (χ1) is 18.1. The van der Waals surface area contributed by atoms with Crippen LogP contribution in [0, 0.1) is 12.3 Å². The van der Waals surface area contributed by atoms with Crippen LogP contribution < -0.4 is 25.8 Å². The van der Waals surface area contributed by atoms with Crippen molar-refractivity contribution in [3.63, 3.8) is 0 Å². The van der Waals surface area contributed by atoms with Gasteiger partial charge in [-0.3, -0.25) is 10.2 Å². The lowest BCUT2D eigenvalue weighted by atomic mass is 10.1. The number of nitrogens with two attached hydrogens (primary N) is 1. The van der Waals surface area contributed by atoms with E-state index < -0.39 is 18.5 Å². The van der Waals surface area contributed by atoms with E-state index in [2.05, 4.69) is 20.8 Å². The average Bonchev–Trinajstić information content (AvgIpc) is 2.86. The number of aromatic nitrogens is 2. The second-order valence-corrected chi connectivity index (χ2v) is 8.66. The van der Waals surface area contributed by atoms with E-state index in [1.54, 1.807) is 24.3 Å². The summed E-state index contributed by atoms with van der Waals surface area (Å²) >= 11 is 0. The lowest BCUT2D eigenvalue weighted by Crippen LogP contribution is -2.18. The van der Waals surface area contributed by atoms with Gasteiger partial charge in [-0.25, -0.2) is 4.79 Å². The Kier molecular flexibility index (Phi) is 9.17. The minimum Gasteiger partial charge on any atom is -0.487 e. The molecule has 1 aromatic heterocycles. The van der Waals surface area contributed by atoms with Crippen molar-refractivity contribution in [1.82, 2.24) is 10.2 Å². The molecule has 3 aromatic rings. The molecule has 1 heterocycles. The smallest absolute Gasteiger partial charge is 0.341 e. The van der Waals surface area contributed by atoms with Crippen LogP contribution in [0.2, 0.25) is 0 Å². The summed E-state index contributed by atoms with van der Waals surface area (Å²) < 4.78 is 11.4. The number of aliphatic hydroxyl groups is 1. The van der Waals surface area contributed by atoms with E-state index in [1.807, 2.05) is 26.8 Å². The highest BCUT2D eigenvalue weighted by atomic mass is 16.5. The molecule has 3 rings (SSSR count). The summed E-state index contributed by atoms with van der Waals surface area (Å²) in [6.07, 6.45) is -0.225. The third kappa shape index (κ3) is 7.40. The molecule has 200 valence electrons. The van der Waals surface area contributed by atoms with Crippen molar-refractivity contribution in [3.8, 4) is 11.5 Å². The van der Waals surface area contributed by atoms with Gasteiger partial charge in [0.2, 0.25) is 0 Å². The van der Waals surface area contributed by atoms with Crippen molar-refractivity contribution < 1.29 is 29.3 Å². The zero-order chi connectivity index (χ0) is 27.8. The SMILES string of the molecule is Cc1ccc(NCc2cc(CO)cc(OC(C)C)c2OCC(=O)O)c(C(=O)Nc2ccc(C(=N)N)nn2)c1. The summed E-state index contributed by atoms with van der Waals surface area (Å²) in [5.74, 6) is -1.12. The Morgan fingerprint density at radius 2 is 1.89 bits per heavy atom. The lowest BCUT2D eigenvalue weighted by molar-refractivity contribution is -0.139. The first kappa shape index (κ1) is 27.9. The number of carboxylic acid groups (broad SMARTS) is 1. The molecule has 1 amide bonds. The van der Waals surface area contributed by atoms with E-state index >= 15 is 0 Å².